The van der Waals surface area contributed by atoms with Crippen molar-refractivity contribution < 1.29 is 9.59 Å². The Bertz CT molecular complexity index is 590. The summed E-state index contributed by atoms with van der Waals surface area (Å²) in [6, 6.07) is 7.98. The van der Waals surface area contributed by atoms with Crippen LogP contribution in [0.15, 0.2) is 36.9 Å². The highest BCUT2D eigenvalue weighted by molar-refractivity contribution is 6.14. The van der Waals surface area contributed by atoms with Gasteiger partial charge in [0.25, 0.3) is 0 Å². The SMILES string of the molecule is C=CCNC(=O)C1(C(=O)N2CCCc3ccccc32)CC1. The predicted molar refractivity (Wildman–Crippen MR) is 82.0 cm³/mol. The number of nitrogens with one attached hydrogen (secondary N) is 1. The third-order valence-electron chi connectivity index (χ3n) is 4.36. The van der Waals surface area contributed by atoms with Crippen molar-refractivity contribution in [3.8, 4) is 0 Å². The molecule has 2 aliphatic rings. The standard InChI is InChI=1S/C17H20N2O2/c1-2-11-18-15(20)17(9-10-17)16(21)19-12-5-7-13-6-3-4-8-14(13)19/h2-4,6,8H,1,5,7,9-12H2,(H,18,20). The number of anilines is 1. The number of amides is 2. The van der Waals surface area contributed by atoms with E-state index in [-0.39, 0.29) is 11.8 Å². The molecule has 1 aromatic carbocycles. The monoisotopic (exact) mass is 284 g/mol. The van der Waals surface area contributed by atoms with Gasteiger partial charge >= 0.3 is 0 Å². The van der Waals surface area contributed by atoms with Gasteiger partial charge < -0.3 is 10.2 Å². The van der Waals surface area contributed by atoms with Crippen molar-refractivity contribution in [2.45, 2.75) is 25.7 Å². The van der Waals surface area contributed by atoms with Crippen LogP contribution in [-0.2, 0) is 16.0 Å². The first-order valence-electron chi connectivity index (χ1n) is 7.48. The molecule has 0 atom stereocenters. The summed E-state index contributed by atoms with van der Waals surface area (Å²) >= 11 is 0. The number of rotatable bonds is 4. The van der Waals surface area contributed by atoms with Crippen LogP contribution in [0.2, 0.25) is 0 Å². The molecule has 1 fully saturated rings. The zero-order valence-corrected chi connectivity index (χ0v) is 12.1. The number of fused-ring (bicyclic) bond motifs is 1. The Hall–Kier alpha value is -2.10. The highest BCUT2D eigenvalue weighted by Crippen LogP contribution is 2.48. The molecule has 21 heavy (non-hydrogen) atoms. The van der Waals surface area contributed by atoms with Crippen LogP contribution in [0.4, 0.5) is 5.69 Å². The van der Waals surface area contributed by atoms with E-state index in [0.717, 1.165) is 18.5 Å². The summed E-state index contributed by atoms with van der Waals surface area (Å²) in [7, 11) is 0. The van der Waals surface area contributed by atoms with Crippen LogP contribution in [-0.4, -0.2) is 24.9 Å². The maximum absolute atomic E-state index is 12.9. The molecule has 4 nitrogen and oxygen atoms in total. The maximum Gasteiger partial charge on any atom is 0.242 e. The zero-order valence-electron chi connectivity index (χ0n) is 12.1. The molecule has 1 aromatic rings. The minimum Gasteiger partial charge on any atom is -0.352 e. The third kappa shape index (κ3) is 2.35. The normalized spacial score (nSPS) is 18.6. The van der Waals surface area contributed by atoms with Gasteiger partial charge in [0.15, 0.2) is 0 Å². The fourth-order valence-electron chi connectivity index (χ4n) is 3.00. The average molecular weight is 284 g/mol. The lowest BCUT2D eigenvalue weighted by Crippen LogP contribution is -2.47. The van der Waals surface area contributed by atoms with Crippen molar-refractivity contribution in [1.29, 1.82) is 0 Å². The summed E-state index contributed by atoms with van der Waals surface area (Å²) in [6.07, 6.45) is 4.87. The number of para-hydroxylation sites is 1. The van der Waals surface area contributed by atoms with Crippen molar-refractivity contribution in [3.05, 3.63) is 42.5 Å². The van der Waals surface area contributed by atoms with Crippen molar-refractivity contribution in [2.24, 2.45) is 5.41 Å². The lowest BCUT2D eigenvalue weighted by Gasteiger charge is -2.32. The molecule has 110 valence electrons. The quantitative estimate of drug-likeness (QED) is 0.679. The number of carbonyl (C=O) groups excluding carboxylic acids is 2. The Labute approximate surface area is 124 Å². The Morgan fingerprint density at radius 3 is 2.81 bits per heavy atom. The molecule has 1 heterocycles. The van der Waals surface area contributed by atoms with E-state index in [1.165, 1.54) is 5.56 Å². The van der Waals surface area contributed by atoms with E-state index in [1.807, 2.05) is 18.2 Å². The molecule has 0 spiro atoms. The molecular formula is C17H20N2O2. The predicted octanol–water partition coefficient (Wildman–Crippen LogP) is 2.05. The number of carbonyl (C=O) groups is 2. The van der Waals surface area contributed by atoms with Crippen LogP contribution >= 0.6 is 0 Å². The van der Waals surface area contributed by atoms with Gasteiger partial charge in [0.05, 0.1) is 0 Å². The molecule has 0 unspecified atom stereocenters. The molecule has 0 bridgehead atoms. The molecule has 0 aromatic heterocycles. The second-order valence-corrected chi connectivity index (χ2v) is 5.77. The minimum atomic E-state index is -0.840. The van der Waals surface area contributed by atoms with Gasteiger partial charge in [-0.2, -0.15) is 0 Å². The molecule has 1 saturated carbocycles. The number of nitrogens with zero attached hydrogens (tertiary/aromatic N) is 1. The Balaban J connectivity index is 1.83. The second kappa shape index (κ2) is 5.35. The summed E-state index contributed by atoms with van der Waals surface area (Å²) in [5.74, 6) is -0.202. The summed E-state index contributed by atoms with van der Waals surface area (Å²) in [5.41, 5.74) is 1.32. The van der Waals surface area contributed by atoms with Gasteiger partial charge in [0.2, 0.25) is 11.8 Å². The molecule has 0 saturated heterocycles. The fourth-order valence-corrected chi connectivity index (χ4v) is 3.00. The topological polar surface area (TPSA) is 49.4 Å². The minimum absolute atomic E-state index is 0.0452. The van der Waals surface area contributed by atoms with E-state index < -0.39 is 5.41 Å². The lowest BCUT2D eigenvalue weighted by atomic mass is 9.97. The molecular weight excluding hydrogens is 264 g/mol. The van der Waals surface area contributed by atoms with Crippen molar-refractivity contribution in [1.82, 2.24) is 5.32 Å². The van der Waals surface area contributed by atoms with Crippen molar-refractivity contribution in [2.75, 3.05) is 18.0 Å². The number of hydrogen-bond donors (Lipinski definition) is 1. The molecule has 1 aliphatic carbocycles. The summed E-state index contributed by atoms with van der Waals surface area (Å²) in [4.78, 5) is 27.0. The number of aryl methyl sites for hydroxylation is 1. The third-order valence-corrected chi connectivity index (χ3v) is 4.36. The Morgan fingerprint density at radius 1 is 1.33 bits per heavy atom. The average Bonchev–Trinajstić information content (AvgIpc) is 3.33. The van der Waals surface area contributed by atoms with Gasteiger partial charge in [-0.25, -0.2) is 0 Å². The molecule has 1 aliphatic heterocycles. The maximum atomic E-state index is 12.9. The van der Waals surface area contributed by atoms with Gasteiger partial charge in [-0.15, -0.1) is 6.58 Å². The molecule has 4 heteroatoms. The van der Waals surface area contributed by atoms with Crippen LogP contribution in [0.5, 0.6) is 0 Å². The first-order chi connectivity index (χ1) is 10.2. The van der Waals surface area contributed by atoms with E-state index in [2.05, 4.69) is 18.0 Å². The van der Waals surface area contributed by atoms with Crippen molar-refractivity contribution in [3.63, 3.8) is 0 Å². The summed E-state index contributed by atoms with van der Waals surface area (Å²) in [5, 5.41) is 2.77. The fraction of sp³-hybridized carbons (Fsp3) is 0.412. The van der Waals surface area contributed by atoms with Crippen LogP contribution < -0.4 is 10.2 Å². The summed E-state index contributed by atoms with van der Waals surface area (Å²) < 4.78 is 0. The van der Waals surface area contributed by atoms with Gasteiger partial charge in [-0.05, 0) is 37.3 Å². The van der Waals surface area contributed by atoms with E-state index in [1.54, 1.807) is 11.0 Å². The largest absolute Gasteiger partial charge is 0.352 e. The Morgan fingerprint density at radius 2 is 2.10 bits per heavy atom. The van der Waals surface area contributed by atoms with E-state index in [0.29, 0.717) is 25.9 Å². The highest BCUT2D eigenvalue weighted by Gasteiger charge is 2.58. The Kier molecular flexibility index (Phi) is 3.53. The van der Waals surface area contributed by atoms with Gasteiger partial charge in [-0.3, -0.25) is 9.59 Å². The van der Waals surface area contributed by atoms with Gasteiger partial charge in [0, 0.05) is 18.8 Å². The van der Waals surface area contributed by atoms with Crippen molar-refractivity contribution >= 4 is 17.5 Å². The lowest BCUT2D eigenvalue weighted by molar-refractivity contribution is -0.135. The molecule has 1 N–H and O–H groups in total. The van der Waals surface area contributed by atoms with Crippen LogP contribution in [0.1, 0.15) is 24.8 Å². The highest BCUT2D eigenvalue weighted by atomic mass is 16.2. The van der Waals surface area contributed by atoms with Crippen LogP contribution in [0, 0.1) is 5.41 Å². The second-order valence-electron chi connectivity index (χ2n) is 5.77. The molecule has 3 rings (SSSR count). The number of hydrogen-bond acceptors (Lipinski definition) is 2. The van der Waals surface area contributed by atoms with E-state index in [4.69, 9.17) is 0 Å². The summed E-state index contributed by atoms with van der Waals surface area (Å²) in [6.45, 7) is 4.70. The molecule has 2 amide bonds. The zero-order chi connectivity index (χ0) is 14.9. The molecule has 0 radical (unpaired) electrons. The van der Waals surface area contributed by atoms with E-state index in [9.17, 15) is 9.59 Å². The van der Waals surface area contributed by atoms with Gasteiger partial charge in [-0.1, -0.05) is 24.3 Å². The van der Waals surface area contributed by atoms with E-state index >= 15 is 0 Å². The first kappa shape index (κ1) is 13.9. The van der Waals surface area contributed by atoms with Crippen LogP contribution in [0.3, 0.4) is 0 Å². The first-order valence-corrected chi connectivity index (χ1v) is 7.48. The van der Waals surface area contributed by atoms with Gasteiger partial charge in [0.1, 0.15) is 5.41 Å². The van der Waals surface area contributed by atoms with Crippen LogP contribution in [0.25, 0.3) is 0 Å². The smallest absolute Gasteiger partial charge is 0.242 e. The number of benzene rings is 1.